The predicted molar refractivity (Wildman–Crippen MR) is 270 cm³/mol. The van der Waals surface area contributed by atoms with Crippen molar-refractivity contribution >= 4 is 64.4 Å². The number of benzene rings is 2. The lowest BCUT2D eigenvalue weighted by atomic mass is 10.00. The maximum absolute atomic E-state index is 13.6. The highest BCUT2D eigenvalue weighted by molar-refractivity contribution is 6.07. The van der Waals surface area contributed by atoms with Gasteiger partial charge in [0.25, 0.3) is 11.8 Å². The second-order valence-corrected chi connectivity index (χ2v) is 17.8. The summed E-state index contributed by atoms with van der Waals surface area (Å²) >= 11 is 0. The van der Waals surface area contributed by atoms with E-state index < -0.39 is 109 Å². The van der Waals surface area contributed by atoms with Crippen molar-refractivity contribution in [3.63, 3.8) is 0 Å². The first-order valence-corrected chi connectivity index (χ1v) is 24.2. The zero-order valence-corrected chi connectivity index (χ0v) is 42.5. The highest BCUT2D eigenvalue weighted by atomic mass is 19.3. The Kier molecular flexibility index (Phi) is 21.8. The summed E-state index contributed by atoms with van der Waals surface area (Å²) in [4.78, 5) is 132. The van der Waals surface area contributed by atoms with Gasteiger partial charge in [0.15, 0.2) is 11.8 Å². The van der Waals surface area contributed by atoms with E-state index in [0.29, 0.717) is 34.8 Å². The lowest BCUT2D eigenvalue weighted by molar-refractivity contribution is -0.157. The smallest absolute Gasteiger partial charge is 0.326 e. The third kappa shape index (κ3) is 17.4. The number of aromatic nitrogens is 5. The lowest BCUT2D eigenvalue weighted by Crippen LogP contribution is -2.45. The number of pyridine rings is 1. The number of alkyl halides is 2. The number of likely N-dealkylation sites (tertiary alicyclic amines) is 1. The van der Waals surface area contributed by atoms with Gasteiger partial charge in [0.2, 0.25) is 17.7 Å². The van der Waals surface area contributed by atoms with E-state index in [0.717, 1.165) is 16.0 Å². The van der Waals surface area contributed by atoms with Crippen LogP contribution in [0, 0.1) is 28.1 Å². The molecule has 2 atom stereocenters. The highest BCUT2D eigenvalue weighted by Gasteiger charge is 2.47. The highest BCUT2D eigenvalue weighted by Crippen LogP contribution is 2.32. The van der Waals surface area contributed by atoms with Crippen LogP contribution in [-0.4, -0.2) is 170 Å². The largest absolute Gasteiger partial charge is 0.492 e. The van der Waals surface area contributed by atoms with Gasteiger partial charge in [-0.05, 0) is 54.4 Å². The summed E-state index contributed by atoms with van der Waals surface area (Å²) in [5.41, 5.74) is 2.47. The summed E-state index contributed by atoms with van der Waals surface area (Å²) in [5.74, 6) is -16.0. The second-order valence-electron chi connectivity index (χ2n) is 17.8. The SMILES string of the molecule is CCN(Cc1nccn1CC(=O)NCCC(C(=O)O)C(=O)O)Cc1nccn1CC(=O)NC(CC(C(=O)O)C(=O)O)C(=O)O.N#CC1CC(F)(F)CN1C(=O)CNC(=O)c1ccnc2ccc(-c3ccc(OCCN=O)cc3)cc12. The first-order chi connectivity index (χ1) is 38.0. The van der Waals surface area contributed by atoms with Crippen LogP contribution in [0.15, 0.2) is 84.7 Å². The van der Waals surface area contributed by atoms with Crippen LogP contribution < -0.4 is 20.7 Å². The molecule has 0 aliphatic carbocycles. The summed E-state index contributed by atoms with van der Waals surface area (Å²) < 4.78 is 35.7. The van der Waals surface area contributed by atoms with E-state index >= 15 is 0 Å². The molecule has 4 heterocycles. The van der Waals surface area contributed by atoms with E-state index in [1.165, 1.54) is 35.4 Å². The van der Waals surface area contributed by atoms with Gasteiger partial charge in [-0.25, -0.2) is 23.5 Å². The minimum Gasteiger partial charge on any atom is -0.492 e. The number of carbonyl (C=O) groups is 9. The fourth-order valence-electron chi connectivity index (χ4n) is 8.04. The number of rotatable bonds is 28. The van der Waals surface area contributed by atoms with Crippen LogP contribution in [0.25, 0.3) is 22.0 Å². The molecule has 0 radical (unpaired) electrons. The number of carboxylic acid groups (broad SMARTS) is 5. The normalized spacial score (nSPS) is 13.9. The molecule has 0 saturated carbocycles. The number of imidazole rings is 2. The van der Waals surface area contributed by atoms with Crippen molar-refractivity contribution in [2.75, 3.05) is 39.3 Å². The molecule has 1 aliphatic rings. The summed E-state index contributed by atoms with van der Waals surface area (Å²) in [6.07, 6.45) is 5.52. The molecule has 424 valence electrons. The van der Waals surface area contributed by atoms with Crippen LogP contribution in [-0.2, 0) is 64.5 Å². The number of nitrogens with one attached hydrogen (secondary N) is 3. The second kappa shape index (κ2) is 28.5. The molecule has 6 rings (SSSR count). The number of hydrogen-bond donors (Lipinski definition) is 8. The van der Waals surface area contributed by atoms with Crippen LogP contribution in [0.1, 0.15) is 48.2 Å². The van der Waals surface area contributed by atoms with Gasteiger partial charge >= 0.3 is 29.8 Å². The van der Waals surface area contributed by atoms with Crippen LogP contribution >= 0.6 is 0 Å². The number of aliphatic carboxylic acids is 5. The molecule has 2 aromatic carbocycles. The molecule has 1 aliphatic heterocycles. The van der Waals surface area contributed by atoms with Crippen LogP contribution in [0.2, 0.25) is 0 Å². The maximum atomic E-state index is 13.6. The minimum absolute atomic E-state index is 0.0548. The fraction of sp³-hybridized carbons (Fsp3) is 0.380. The van der Waals surface area contributed by atoms with Crippen molar-refractivity contribution < 1.29 is 82.2 Å². The molecule has 80 heavy (non-hydrogen) atoms. The van der Waals surface area contributed by atoms with Crippen molar-refractivity contribution in [2.45, 2.75) is 70.4 Å². The standard InChI is InChI=1S/C25H21F2N5O4.C25H33N7O12/c26-25(27)12-18(13-28)32(15-25)23(33)14-30-24(34)20-7-8-29-22-6-3-17(11-21(20)22)16-1-4-19(5-2-16)36-10-9-31-35;1-2-30(10-17-26-5-7-31(17)12-19(33)28-4-3-14(21(35)36)22(37)38)11-18-27-6-8-32(18)13-20(34)29-16(25(43)44)9-15(23(39)40)24(41)42/h1-8,11,18H,9-10,12,14-15H2,(H,30,34);5-8,14-16H,2-4,9-13H2,1H3,(H,28,33)(H,29,34)(H,35,36)(H,37,38)(H,39,40)(H,41,42)(H,43,44). The van der Waals surface area contributed by atoms with E-state index in [9.17, 15) is 61.9 Å². The third-order valence-corrected chi connectivity index (χ3v) is 12.2. The summed E-state index contributed by atoms with van der Waals surface area (Å²) in [7, 11) is 0. The zero-order chi connectivity index (χ0) is 58.7. The van der Waals surface area contributed by atoms with Gasteiger partial charge in [-0.15, -0.1) is 0 Å². The first kappa shape index (κ1) is 61.1. The van der Waals surface area contributed by atoms with Crippen LogP contribution in [0.4, 0.5) is 8.78 Å². The van der Waals surface area contributed by atoms with Crippen LogP contribution in [0.5, 0.6) is 5.75 Å². The first-order valence-electron chi connectivity index (χ1n) is 24.2. The Hall–Kier alpha value is -9.79. The van der Waals surface area contributed by atoms with Gasteiger partial charge in [0, 0.05) is 55.8 Å². The Bertz CT molecular complexity index is 3100. The molecule has 1 fully saturated rings. The van der Waals surface area contributed by atoms with Crippen molar-refractivity contribution in [3.8, 4) is 22.9 Å². The Balaban J connectivity index is 0.000000299. The molecule has 2 unspecified atom stereocenters. The number of fused-ring (bicyclic) bond motifs is 1. The summed E-state index contributed by atoms with van der Waals surface area (Å²) in [5, 5.41) is 64.8. The average Bonchev–Trinajstić information content (AvgIpc) is 4.16. The summed E-state index contributed by atoms with van der Waals surface area (Å²) in [6, 6.07) is 12.8. The van der Waals surface area contributed by atoms with Gasteiger partial charge in [-0.3, -0.25) is 48.2 Å². The van der Waals surface area contributed by atoms with Gasteiger partial charge in [0.1, 0.15) is 55.7 Å². The van der Waals surface area contributed by atoms with Gasteiger partial charge in [-0.2, -0.15) is 10.2 Å². The number of nitriles is 1. The van der Waals surface area contributed by atoms with E-state index in [1.807, 2.05) is 30.0 Å². The van der Waals surface area contributed by atoms with Crippen molar-refractivity contribution in [1.82, 2.24) is 49.8 Å². The molecule has 0 spiro atoms. The van der Waals surface area contributed by atoms with E-state index in [-0.39, 0.29) is 57.9 Å². The number of halogens is 2. The fourth-order valence-corrected chi connectivity index (χ4v) is 8.04. The Morgan fingerprint density at radius 1 is 0.800 bits per heavy atom. The number of ether oxygens (including phenoxy) is 1. The lowest BCUT2D eigenvalue weighted by Gasteiger charge is -2.21. The van der Waals surface area contributed by atoms with Crippen LogP contribution in [0.3, 0.4) is 0 Å². The monoisotopic (exact) mass is 1120 g/mol. The summed E-state index contributed by atoms with van der Waals surface area (Å²) in [6.45, 7) is 0.932. The van der Waals surface area contributed by atoms with Crippen molar-refractivity contribution in [3.05, 3.63) is 102 Å². The topological polar surface area (TPSA) is 408 Å². The molecule has 0 bridgehead atoms. The molecule has 8 N–H and O–H groups in total. The predicted octanol–water partition coefficient (Wildman–Crippen LogP) is 1.67. The number of hydrogen-bond acceptors (Lipinski definition) is 17. The molecule has 30 heteroatoms. The number of amides is 4. The number of carboxylic acids is 5. The number of nitrogens with zero attached hydrogens (tertiary/aromatic N) is 9. The van der Waals surface area contributed by atoms with E-state index in [2.05, 4.69) is 36.1 Å². The molecule has 5 aromatic rings. The Labute approximate surface area is 451 Å². The van der Waals surface area contributed by atoms with E-state index in [1.54, 1.807) is 41.1 Å². The van der Waals surface area contributed by atoms with Gasteiger partial charge in [0.05, 0.1) is 43.3 Å². The minimum atomic E-state index is -3.13. The quantitative estimate of drug-likeness (QED) is 0.0201. The Morgan fingerprint density at radius 3 is 1.96 bits per heavy atom. The van der Waals surface area contributed by atoms with Crippen molar-refractivity contribution in [1.29, 1.82) is 5.26 Å². The van der Waals surface area contributed by atoms with Gasteiger partial charge in [-0.1, -0.05) is 30.3 Å². The number of nitroso groups, excluding NO2 is 1. The Morgan fingerprint density at radius 2 is 1.40 bits per heavy atom. The molecule has 1 saturated heterocycles. The molecule has 3 aromatic heterocycles. The van der Waals surface area contributed by atoms with E-state index in [4.69, 9.17) is 30.4 Å². The molecule has 28 nitrogen and oxygen atoms in total. The molecular formula is C50H54F2N12O16. The van der Waals surface area contributed by atoms with Crippen molar-refractivity contribution in [2.24, 2.45) is 17.0 Å². The third-order valence-electron chi connectivity index (χ3n) is 12.2. The molecule has 4 amide bonds. The van der Waals surface area contributed by atoms with Gasteiger partial charge < -0.3 is 60.3 Å². The number of carbonyl (C=O) groups excluding carboxylic acids is 4. The molecular weight excluding hydrogens is 1060 g/mol. The average molecular weight is 1120 g/mol. The maximum Gasteiger partial charge on any atom is 0.326 e. The zero-order valence-electron chi connectivity index (χ0n) is 42.5.